The van der Waals surface area contributed by atoms with Crippen molar-refractivity contribution in [3.63, 3.8) is 0 Å². The minimum Gasteiger partial charge on any atom is -0.497 e. The number of amides is 2. The Morgan fingerprint density at radius 3 is 1.64 bits per heavy atom. The minimum absolute atomic E-state index is 0.0857. The summed E-state index contributed by atoms with van der Waals surface area (Å²) in [6.45, 7) is 8.34. The summed E-state index contributed by atoms with van der Waals surface area (Å²) in [6, 6.07) is 7.05. The monoisotopic (exact) mass is 932 g/mol. The molecule has 1 heterocycles. The van der Waals surface area contributed by atoms with Crippen molar-refractivity contribution in [2.75, 3.05) is 46.9 Å². The fourth-order valence-electron chi connectivity index (χ4n) is 8.68. The van der Waals surface area contributed by atoms with Crippen LogP contribution in [-0.2, 0) is 14.3 Å². The highest BCUT2D eigenvalue weighted by atomic mass is 16.7. The molecule has 0 saturated carbocycles. The first-order valence-corrected chi connectivity index (χ1v) is 27.7. The van der Waals surface area contributed by atoms with Gasteiger partial charge in [-0.05, 0) is 141 Å². The lowest BCUT2D eigenvalue weighted by molar-refractivity contribution is -0.180. The molecule has 0 radical (unpaired) electrons. The van der Waals surface area contributed by atoms with Crippen molar-refractivity contribution in [1.82, 2.24) is 15.5 Å². The number of unbranched alkanes of at least 4 members (excludes halogenated alkanes) is 20. The van der Waals surface area contributed by atoms with Gasteiger partial charge in [0.25, 0.3) is 5.91 Å². The lowest BCUT2D eigenvalue weighted by atomic mass is 9.98. The average molecular weight is 932 g/mol. The van der Waals surface area contributed by atoms with E-state index >= 15 is 0 Å². The first-order valence-electron chi connectivity index (χ1n) is 27.7. The molecule has 8 nitrogen and oxygen atoms in total. The molecule has 1 aliphatic rings. The summed E-state index contributed by atoms with van der Waals surface area (Å²) < 4.78 is 18.6. The number of rotatable bonds is 45. The maximum atomic E-state index is 12.4. The smallest absolute Gasteiger partial charge is 0.251 e. The minimum atomic E-state index is -0.403. The third-order valence-corrected chi connectivity index (χ3v) is 13.0. The van der Waals surface area contributed by atoms with Gasteiger partial charge in [-0.25, -0.2) is 0 Å². The maximum Gasteiger partial charge on any atom is 0.251 e. The van der Waals surface area contributed by atoms with E-state index in [-0.39, 0.29) is 17.9 Å². The molecule has 382 valence electrons. The van der Waals surface area contributed by atoms with Gasteiger partial charge < -0.3 is 29.7 Å². The second-order valence-electron chi connectivity index (χ2n) is 19.2. The first-order chi connectivity index (χ1) is 32.9. The van der Waals surface area contributed by atoms with Crippen molar-refractivity contribution < 1.29 is 23.8 Å². The van der Waals surface area contributed by atoms with Crippen molar-refractivity contribution in [2.45, 2.75) is 231 Å². The standard InChI is InChI=1S/C59H101N3O5/c1-5-7-9-11-13-15-17-19-21-23-25-27-29-31-33-37-47-59(48-38-34-32-30-28-26-24-22-20-18-16-14-12-10-8-6-2)66-53-56(67-59)46-52-62(3)51-39-35-36-41-57(63)60-49-40-50-61-58(64)54-42-44-55(65-4)45-43-54/h13-16,19-22,42-45,56H,5-12,17-18,23-41,46-53H2,1-4H3,(H,60,63)(H,61,64). The van der Waals surface area contributed by atoms with Crippen molar-refractivity contribution in [1.29, 1.82) is 0 Å². The summed E-state index contributed by atoms with van der Waals surface area (Å²) >= 11 is 0. The molecule has 1 aliphatic heterocycles. The second-order valence-corrected chi connectivity index (χ2v) is 19.2. The molecule has 1 fully saturated rings. The second kappa shape index (κ2) is 42.9. The molecule has 1 unspecified atom stereocenters. The number of ether oxygens (including phenoxy) is 3. The Bertz CT molecular complexity index is 1390. The van der Waals surface area contributed by atoms with Crippen LogP contribution in [0.4, 0.5) is 0 Å². The maximum absolute atomic E-state index is 12.4. The van der Waals surface area contributed by atoms with E-state index in [0.29, 0.717) is 38.1 Å². The number of nitrogens with zero attached hydrogens (tertiary/aromatic N) is 1. The number of carbonyl (C=O) groups is 2. The molecule has 2 amide bonds. The molecule has 1 aromatic rings. The van der Waals surface area contributed by atoms with Gasteiger partial charge in [-0.15, -0.1) is 0 Å². The molecule has 1 saturated heterocycles. The van der Waals surface area contributed by atoms with E-state index in [0.717, 1.165) is 70.2 Å². The van der Waals surface area contributed by atoms with Gasteiger partial charge >= 0.3 is 0 Å². The number of methoxy groups -OCH3 is 1. The van der Waals surface area contributed by atoms with Crippen molar-refractivity contribution in [3.05, 3.63) is 78.4 Å². The van der Waals surface area contributed by atoms with Gasteiger partial charge in [0.15, 0.2) is 5.79 Å². The zero-order chi connectivity index (χ0) is 48.1. The molecular formula is C59H101N3O5. The zero-order valence-corrected chi connectivity index (χ0v) is 43.7. The number of hydrogen-bond donors (Lipinski definition) is 2. The van der Waals surface area contributed by atoms with Crippen LogP contribution in [0.1, 0.15) is 230 Å². The van der Waals surface area contributed by atoms with Gasteiger partial charge in [-0.1, -0.05) is 146 Å². The summed E-state index contributed by atoms with van der Waals surface area (Å²) in [6.07, 6.45) is 56.5. The van der Waals surface area contributed by atoms with Crippen LogP contribution in [-0.4, -0.2) is 75.5 Å². The van der Waals surface area contributed by atoms with Gasteiger partial charge in [-0.2, -0.15) is 0 Å². The molecule has 2 rings (SSSR count). The highest BCUT2D eigenvalue weighted by Gasteiger charge is 2.40. The lowest BCUT2D eigenvalue weighted by Gasteiger charge is -2.29. The number of hydrogen-bond acceptors (Lipinski definition) is 6. The Labute approximate surface area is 412 Å². The van der Waals surface area contributed by atoms with Crippen LogP contribution < -0.4 is 15.4 Å². The first kappa shape index (κ1) is 59.9. The quantitative estimate of drug-likeness (QED) is 0.0500. The Hall–Kier alpha value is -3.20. The molecule has 0 bridgehead atoms. The SMILES string of the molecule is CCCCCC=CCC=CCCCCCCCCC1(CCCCCCCCC=CCC=CCCCCC)OCC(CCN(C)CCCCCC(=O)NCCCNC(=O)c2ccc(OC)cc2)O1. The molecule has 0 spiro atoms. The number of benzene rings is 1. The van der Waals surface area contributed by atoms with Crippen LogP contribution >= 0.6 is 0 Å². The normalized spacial score (nSPS) is 16.5. The zero-order valence-electron chi connectivity index (χ0n) is 43.7. The van der Waals surface area contributed by atoms with Crippen molar-refractivity contribution in [3.8, 4) is 5.75 Å². The molecule has 2 N–H and O–H groups in total. The van der Waals surface area contributed by atoms with Gasteiger partial charge in [0.2, 0.25) is 5.91 Å². The lowest BCUT2D eigenvalue weighted by Crippen LogP contribution is -2.32. The summed E-state index contributed by atoms with van der Waals surface area (Å²) in [5, 5.41) is 5.91. The van der Waals surface area contributed by atoms with Crippen LogP contribution in [0.25, 0.3) is 0 Å². The van der Waals surface area contributed by atoms with Crippen LogP contribution in [0.5, 0.6) is 5.75 Å². The molecule has 0 aliphatic carbocycles. The fraction of sp³-hybridized carbons (Fsp3) is 0.729. The van der Waals surface area contributed by atoms with E-state index in [1.807, 2.05) is 0 Å². The summed E-state index contributed by atoms with van der Waals surface area (Å²) in [5.74, 6) is 0.286. The van der Waals surface area contributed by atoms with Crippen molar-refractivity contribution >= 4 is 11.8 Å². The summed E-state index contributed by atoms with van der Waals surface area (Å²) in [5.41, 5.74) is 0.598. The van der Waals surface area contributed by atoms with E-state index < -0.39 is 5.79 Å². The molecule has 1 atom stereocenters. The van der Waals surface area contributed by atoms with Gasteiger partial charge in [-0.3, -0.25) is 9.59 Å². The molecular weight excluding hydrogens is 831 g/mol. The Morgan fingerprint density at radius 1 is 0.612 bits per heavy atom. The van der Waals surface area contributed by atoms with E-state index in [1.54, 1.807) is 31.4 Å². The topological polar surface area (TPSA) is 89.1 Å². The summed E-state index contributed by atoms with van der Waals surface area (Å²) in [7, 11) is 3.81. The highest BCUT2D eigenvalue weighted by Crippen LogP contribution is 2.36. The predicted molar refractivity (Wildman–Crippen MR) is 285 cm³/mol. The van der Waals surface area contributed by atoms with Crippen LogP contribution in [0.15, 0.2) is 72.9 Å². The van der Waals surface area contributed by atoms with E-state index in [9.17, 15) is 9.59 Å². The van der Waals surface area contributed by atoms with Crippen LogP contribution in [0.3, 0.4) is 0 Å². The Morgan fingerprint density at radius 2 is 1.10 bits per heavy atom. The average Bonchev–Trinajstić information content (AvgIpc) is 3.75. The highest BCUT2D eigenvalue weighted by molar-refractivity contribution is 5.94. The Balaban J connectivity index is 1.62. The van der Waals surface area contributed by atoms with Gasteiger partial charge in [0, 0.05) is 44.5 Å². The van der Waals surface area contributed by atoms with Crippen LogP contribution in [0.2, 0.25) is 0 Å². The molecule has 67 heavy (non-hydrogen) atoms. The van der Waals surface area contributed by atoms with E-state index in [2.05, 4.69) is 85.0 Å². The van der Waals surface area contributed by atoms with Crippen LogP contribution in [0, 0.1) is 0 Å². The number of nitrogens with one attached hydrogen (secondary N) is 2. The van der Waals surface area contributed by atoms with Gasteiger partial charge in [0.05, 0.1) is 19.8 Å². The van der Waals surface area contributed by atoms with E-state index in [4.69, 9.17) is 14.2 Å². The third-order valence-electron chi connectivity index (χ3n) is 13.0. The molecule has 0 aromatic heterocycles. The predicted octanol–water partition coefficient (Wildman–Crippen LogP) is 15.3. The van der Waals surface area contributed by atoms with E-state index in [1.165, 1.54) is 141 Å². The molecule has 8 heteroatoms. The number of allylic oxidation sites excluding steroid dienone is 8. The Kier molecular flexibility index (Phi) is 38.3. The van der Waals surface area contributed by atoms with Crippen molar-refractivity contribution in [2.24, 2.45) is 0 Å². The molecule has 1 aromatic carbocycles. The van der Waals surface area contributed by atoms with Gasteiger partial charge in [0.1, 0.15) is 5.75 Å². The third kappa shape index (κ3) is 33.9. The fourth-order valence-corrected chi connectivity index (χ4v) is 8.68. The largest absolute Gasteiger partial charge is 0.497 e. The number of carbonyl (C=O) groups excluding carboxylic acids is 2. The summed E-state index contributed by atoms with van der Waals surface area (Å²) in [4.78, 5) is 27.1.